The van der Waals surface area contributed by atoms with Crippen molar-refractivity contribution in [3.63, 3.8) is 0 Å². The fraction of sp³-hybridized carbons (Fsp3) is 0.143. The van der Waals surface area contributed by atoms with Crippen molar-refractivity contribution >= 4 is 85.7 Å². The highest BCUT2D eigenvalue weighted by atomic mass is 79.9. The monoisotopic (exact) mass is 564 g/mol. The molecule has 11 heteroatoms. The van der Waals surface area contributed by atoms with Crippen LogP contribution in [0.3, 0.4) is 0 Å². The zero-order valence-electron chi connectivity index (χ0n) is 12.5. The summed E-state index contributed by atoms with van der Waals surface area (Å²) in [6, 6.07) is 15.1. The van der Waals surface area contributed by atoms with Crippen molar-refractivity contribution in [2.75, 3.05) is 0 Å². The zero-order chi connectivity index (χ0) is 18.1. The van der Waals surface area contributed by atoms with Crippen LogP contribution in [0.4, 0.5) is 0 Å². The Hall–Kier alpha value is 0.850. The highest BCUT2D eigenvalue weighted by Crippen LogP contribution is 2.60. The van der Waals surface area contributed by atoms with E-state index in [2.05, 4.69) is 31.9 Å². The molecule has 0 bridgehead atoms. The smallest absolute Gasteiger partial charge is 0.225 e. The van der Waals surface area contributed by atoms with Gasteiger partial charge in [0.2, 0.25) is 0 Å². The van der Waals surface area contributed by atoms with Crippen molar-refractivity contribution in [2.24, 2.45) is 0 Å². The number of halogens is 3. The molecule has 0 N–H and O–H groups in total. The quantitative estimate of drug-likeness (QED) is 0.163. The third kappa shape index (κ3) is 7.07. The SMILES string of the molecule is O=P(OSCl)(OSc1ccccc1CBr)OSc1ccccc1CBr. The number of benzene rings is 2. The van der Waals surface area contributed by atoms with Gasteiger partial charge in [-0.25, -0.2) is 12.5 Å². The minimum absolute atomic E-state index is 0.413. The summed E-state index contributed by atoms with van der Waals surface area (Å²) in [4.78, 5) is 1.61. The summed E-state index contributed by atoms with van der Waals surface area (Å²) < 4.78 is 28.4. The maximum atomic E-state index is 12.7. The number of rotatable bonds is 10. The number of phosphoric acid groups is 1. The van der Waals surface area contributed by atoms with E-state index in [1.54, 1.807) is 0 Å². The molecule has 0 fully saturated rings. The van der Waals surface area contributed by atoms with Crippen LogP contribution in [-0.4, -0.2) is 0 Å². The number of hydrogen-bond donors (Lipinski definition) is 0. The van der Waals surface area contributed by atoms with Crippen LogP contribution in [0.15, 0.2) is 58.3 Å². The summed E-state index contributed by atoms with van der Waals surface area (Å²) in [5, 5.41) is 1.28. The maximum Gasteiger partial charge on any atom is 0.510 e. The van der Waals surface area contributed by atoms with Crippen LogP contribution in [0.2, 0.25) is 0 Å². The van der Waals surface area contributed by atoms with Crippen LogP contribution in [0.5, 0.6) is 0 Å². The van der Waals surface area contributed by atoms with Gasteiger partial charge in [0.25, 0.3) is 0 Å². The Bertz CT molecular complexity index is 685. The topological polar surface area (TPSA) is 44.8 Å². The molecular weight excluding hydrogens is 555 g/mol. The molecule has 0 spiro atoms. The van der Waals surface area contributed by atoms with Crippen LogP contribution >= 0.6 is 85.7 Å². The summed E-state index contributed by atoms with van der Waals surface area (Å²) in [5.41, 5.74) is 1.99. The van der Waals surface area contributed by atoms with E-state index in [-0.39, 0.29) is 0 Å². The molecule has 0 saturated heterocycles. The highest BCUT2D eigenvalue weighted by molar-refractivity contribution is 9.08. The van der Waals surface area contributed by atoms with E-state index < -0.39 is 7.82 Å². The summed E-state index contributed by atoms with van der Waals surface area (Å²) in [6.45, 7) is 0. The molecule has 2 aromatic carbocycles. The van der Waals surface area contributed by atoms with Gasteiger partial charge in [-0.05, 0) is 33.9 Å². The average molecular weight is 567 g/mol. The van der Waals surface area contributed by atoms with Gasteiger partial charge < -0.3 is 0 Å². The molecule has 0 aromatic heterocycles. The molecule has 0 aliphatic heterocycles. The standard InChI is InChI=1S/C14H12Br2ClO4PS3/c15-9-11-5-1-3-7-13(11)23-19-22(18,21-25-17)20-24-14-8-4-2-6-12(14)10-16/h1-8H,9-10H2. The van der Waals surface area contributed by atoms with Crippen LogP contribution in [0.25, 0.3) is 0 Å². The second-order valence-electron chi connectivity index (χ2n) is 4.38. The molecule has 0 atom stereocenters. The van der Waals surface area contributed by atoms with Gasteiger partial charge in [-0.2, -0.15) is 3.97 Å². The predicted molar refractivity (Wildman–Crippen MR) is 114 cm³/mol. The van der Waals surface area contributed by atoms with E-state index in [0.29, 0.717) is 21.9 Å². The molecule has 0 unspecified atom stereocenters. The Kier molecular flexibility index (Phi) is 10.3. The molecule has 0 saturated carbocycles. The van der Waals surface area contributed by atoms with Crippen LogP contribution in [0.1, 0.15) is 11.1 Å². The summed E-state index contributed by atoms with van der Waals surface area (Å²) in [5.74, 6) is 0. The minimum Gasteiger partial charge on any atom is -0.225 e. The van der Waals surface area contributed by atoms with E-state index in [9.17, 15) is 4.57 Å². The van der Waals surface area contributed by atoms with Gasteiger partial charge in [-0.1, -0.05) is 68.3 Å². The predicted octanol–water partition coefficient (Wildman–Crippen LogP) is 8.15. The summed E-state index contributed by atoms with van der Waals surface area (Å²) in [7, 11) is 1.61. The molecule has 0 heterocycles. The Morgan fingerprint density at radius 3 is 1.68 bits per heavy atom. The molecular formula is C14H12Br2ClO4PS3. The van der Waals surface area contributed by atoms with Gasteiger partial charge in [0.05, 0.1) is 0 Å². The third-order valence-electron chi connectivity index (χ3n) is 2.79. The molecule has 4 nitrogen and oxygen atoms in total. The largest absolute Gasteiger partial charge is 0.510 e. The fourth-order valence-corrected chi connectivity index (χ4v) is 6.98. The molecule has 0 aliphatic carbocycles. The molecule has 2 rings (SSSR count). The van der Waals surface area contributed by atoms with Gasteiger partial charge in [0.15, 0.2) is 0 Å². The fourth-order valence-electron chi connectivity index (χ4n) is 1.63. The van der Waals surface area contributed by atoms with Crippen molar-refractivity contribution in [1.29, 1.82) is 0 Å². The molecule has 0 amide bonds. The van der Waals surface area contributed by atoms with E-state index in [4.69, 9.17) is 22.6 Å². The third-order valence-corrected chi connectivity index (χ3v) is 8.67. The summed E-state index contributed by atoms with van der Waals surface area (Å²) >= 11 is 9.07. The Balaban J connectivity index is 2.06. The van der Waals surface area contributed by atoms with Gasteiger partial charge in [-0.3, -0.25) is 0 Å². The van der Waals surface area contributed by atoms with E-state index in [1.807, 2.05) is 48.5 Å². The molecule has 25 heavy (non-hydrogen) atoms. The summed E-state index contributed by atoms with van der Waals surface area (Å²) in [6.07, 6.45) is 0. The second kappa shape index (κ2) is 11.6. The van der Waals surface area contributed by atoms with Gasteiger partial charge in [0.1, 0.15) is 11.3 Å². The van der Waals surface area contributed by atoms with Crippen LogP contribution in [-0.2, 0) is 27.1 Å². The van der Waals surface area contributed by atoms with Crippen molar-refractivity contribution < 1.29 is 16.5 Å². The normalized spacial score (nSPS) is 11.6. The van der Waals surface area contributed by atoms with E-state index >= 15 is 0 Å². The Morgan fingerprint density at radius 1 is 0.840 bits per heavy atom. The zero-order valence-corrected chi connectivity index (χ0v) is 19.7. The molecule has 2 aromatic rings. The molecule has 0 radical (unpaired) electrons. The first kappa shape index (κ1) is 22.1. The first-order valence-electron chi connectivity index (χ1n) is 6.69. The second-order valence-corrected chi connectivity index (χ2v) is 9.90. The lowest BCUT2D eigenvalue weighted by atomic mass is 10.2. The molecule has 0 aliphatic rings. The Morgan fingerprint density at radius 2 is 1.28 bits per heavy atom. The lowest BCUT2D eigenvalue weighted by molar-refractivity contribution is 0.351. The van der Waals surface area contributed by atoms with E-state index in [1.165, 1.54) is 0 Å². The average Bonchev–Trinajstić information content (AvgIpc) is 2.65. The lowest BCUT2D eigenvalue weighted by Crippen LogP contribution is -1.90. The van der Waals surface area contributed by atoms with Crippen LogP contribution in [0, 0.1) is 0 Å². The van der Waals surface area contributed by atoms with Crippen LogP contribution < -0.4 is 0 Å². The highest BCUT2D eigenvalue weighted by Gasteiger charge is 2.31. The van der Waals surface area contributed by atoms with Gasteiger partial charge >= 0.3 is 7.82 Å². The van der Waals surface area contributed by atoms with Gasteiger partial charge in [0, 0.05) is 44.5 Å². The van der Waals surface area contributed by atoms with Crippen molar-refractivity contribution in [1.82, 2.24) is 0 Å². The minimum atomic E-state index is -3.88. The number of alkyl halides is 2. The van der Waals surface area contributed by atoms with Gasteiger partial charge in [-0.15, -0.1) is 0 Å². The maximum absolute atomic E-state index is 12.7. The molecule has 136 valence electrons. The first-order chi connectivity index (χ1) is 12.1. The van der Waals surface area contributed by atoms with Crippen molar-refractivity contribution in [3.05, 3.63) is 59.7 Å². The Labute approximate surface area is 181 Å². The van der Waals surface area contributed by atoms with Crippen molar-refractivity contribution in [2.45, 2.75) is 20.5 Å². The number of hydrogen-bond acceptors (Lipinski definition) is 7. The lowest BCUT2D eigenvalue weighted by Gasteiger charge is -2.15. The first-order valence-corrected chi connectivity index (χ1v) is 13.4. The van der Waals surface area contributed by atoms with E-state index in [0.717, 1.165) is 45.0 Å². The van der Waals surface area contributed by atoms with Crippen molar-refractivity contribution in [3.8, 4) is 0 Å².